The van der Waals surface area contributed by atoms with Gasteiger partial charge in [-0.05, 0) is 32.2 Å². The number of carbonyl (C=O) groups is 1. The van der Waals surface area contributed by atoms with Crippen LogP contribution >= 0.6 is 0 Å². The van der Waals surface area contributed by atoms with E-state index in [1.807, 2.05) is 32.1 Å². The molecule has 5 nitrogen and oxygen atoms in total. The minimum absolute atomic E-state index is 0.219. The second kappa shape index (κ2) is 7.07. The summed E-state index contributed by atoms with van der Waals surface area (Å²) in [6.07, 6.45) is 5.19. The molecule has 0 spiro atoms. The van der Waals surface area contributed by atoms with Crippen molar-refractivity contribution in [3.63, 3.8) is 0 Å². The predicted octanol–water partition coefficient (Wildman–Crippen LogP) is 1.81. The van der Waals surface area contributed by atoms with Gasteiger partial charge in [0, 0.05) is 51.9 Å². The van der Waals surface area contributed by atoms with E-state index in [2.05, 4.69) is 16.9 Å². The van der Waals surface area contributed by atoms with Crippen LogP contribution < -0.4 is 0 Å². The van der Waals surface area contributed by atoms with Crippen molar-refractivity contribution in [3.8, 4) is 0 Å². The van der Waals surface area contributed by atoms with Gasteiger partial charge in [0.2, 0.25) is 5.91 Å². The number of aryl methyl sites for hydroxylation is 2. The van der Waals surface area contributed by atoms with Gasteiger partial charge in [-0.25, -0.2) is 0 Å². The van der Waals surface area contributed by atoms with Crippen molar-refractivity contribution in [1.29, 1.82) is 0 Å². The fourth-order valence-corrected chi connectivity index (χ4v) is 3.08. The molecule has 1 amide bonds. The highest BCUT2D eigenvalue weighted by Gasteiger charge is 2.18. The molecule has 1 unspecified atom stereocenters. The number of likely N-dealkylation sites (tertiary alicyclic amines) is 1. The third-order valence-corrected chi connectivity index (χ3v) is 4.33. The first kappa shape index (κ1) is 16.0. The zero-order chi connectivity index (χ0) is 15.4. The van der Waals surface area contributed by atoms with Crippen LogP contribution in [0.2, 0.25) is 0 Å². The van der Waals surface area contributed by atoms with Crippen LogP contribution in [0.1, 0.15) is 37.4 Å². The maximum absolute atomic E-state index is 12.3. The summed E-state index contributed by atoms with van der Waals surface area (Å²) in [6.45, 7) is 8.10. The minimum atomic E-state index is 0.219. The summed E-state index contributed by atoms with van der Waals surface area (Å²) < 4.78 is 1.80. The Morgan fingerprint density at radius 2 is 2.29 bits per heavy atom. The normalized spacial score (nSPS) is 19.7. The van der Waals surface area contributed by atoms with Gasteiger partial charge >= 0.3 is 0 Å². The highest BCUT2D eigenvalue weighted by molar-refractivity contribution is 5.76. The molecule has 0 radical (unpaired) electrons. The van der Waals surface area contributed by atoms with E-state index in [0.717, 1.165) is 36.8 Å². The van der Waals surface area contributed by atoms with Gasteiger partial charge in [0.15, 0.2) is 0 Å². The summed E-state index contributed by atoms with van der Waals surface area (Å²) in [6, 6.07) is 0. The Labute approximate surface area is 127 Å². The number of hydrogen-bond acceptors (Lipinski definition) is 3. The number of rotatable bonds is 5. The van der Waals surface area contributed by atoms with E-state index in [4.69, 9.17) is 0 Å². The largest absolute Gasteiger partial charge is 0.341 e. The van der Waals surface area contributed by atoms with E-state index in [9.17, 15) is 4.79 Å². The van der Waals surface area contributed by atoms with Crippen molar-refractivity contribution >= 4 is 5.91 Å². The Hall–Kier alpha value is -1.36. The molecule has 5 heteroatoms. The molecule has 1 fully saturated rings. The summed E-state index contributed by atoms with van der Waals surface area (Å²) in [5.41, 5.74) is 2.13. The predicted molar refractivity (Wildman–Crippen MR) is 83.9 cm³/mol. The number of carbonyl (C=O) groups excluding carboxylic acids is 1. The van der Waals surface area contributed by atoms with Crippen LogP contribution in [0.4, 0.5) is 0 Å². The topological polar surface area (TPSA) is 41.4 Å². The maximum Gasteiger partial charge on any atom is 0.223 e. The first-order valence-electron chi connectivity index (χ1n) is 7.91. The Bertz CT molecular complexity index is 483. The lowest BCUT2D eigenvalue weighted by Gasteiger charge is -2.31. The standard InChI is InChI=1S/C16H28N4O/c1-13-6-5-8-20(10-13)9-7-16(21)18(3)11-15-12-19(4)17-14(15)2/h12-13H,5-11H2,1-4H3. The molecule has 1 atom stereocenters. The van der Waals surface area contributed by atoms with Gasteiger partial charge in [-0.15, -0.1) is 0 Å². The van der Waals surface area contributed by atoms with Crippen molar-refractivity contribution in [2.24, 2.45) is 13.0 Å². The average molecular weight is 292 g/mol. The summed E-state index contributed by atoms with van der Waals surface area (Å²) in [5.74, 6) is 0.987. The van der Waals surface area contributed by atoms with Crippen molar-refractivity contribution in [2.75, 3.05) is 26.7 Å². The van der Waals surface area contributed by atoms with Gasteiger partial charge in [-0.1, -0.05) is 6.92 Å². The van der Waals surface area contributed by atoms with E-state index in [0.29, 0.717) is 13.0 Å². The second-order valence-electron chi connectivity index (χ2n) is 6.46. The summed E-state index contributed by atoms with van der Waals surface area (Å²) in [7, 11) is 3.80. The van der Waals surface area contributed by atoms with Crippen molar-refractivity contribution < 1.29 is 4.79 Å². The van der Waals surface area contributed by atoms with Crippen LogP contribution in [-0.2, 0) is 18.4 Å². The average Bonchev–Trinajstić information content (AvgIpc) is 2.74. The summed E-state index contributed by atoms with van der Waals surface area (Å²) in [4.78, 5) is 16.5. The molecule has 118 valence electrons. The van der Waals surface area contributed by atoms with E-state index >= 15 is 0 Å². The molecule has 0 aromatic carbocycles. The Balaban J connectivity index is 1.78. The minimum Gasteiger partial charge on any atom is -0.341 e. The molecule has 1 aliphatic rings. The Kier molecular flexibility index (Phi) is 5.39. The molecular formula is C16H28N4O. The van der Waals surface area contributed by atoms with Gasteiger partial charge in [0.05, 0.1) is 5.69 Å². The van der Waals surface area contributed by atoms with Crippen LogP contribution in [0.3, 0.4) is 0 Å². The summed E-state index contributed by atoms with van der Waals surface area (Å²) >= 11 is 0. The lowest BCUT2D eigenvalue weighted by atomic mass is 10.0. The fraction of sp³-hybridized carbons (Fsp3) is 0.750. The molecule has 0 aliphatic carbocycles. The molecule has 21 heavy (non-hydrogen) atoms. The third-order valence-electron chi connectivity index (χ3n) is 4.33. The smallest absolute Gasteiger partial charge is 0.223 e. The molecular weight excluding hydrogens is 264 g/mol. The number of aromatic nitrogens is 2. The van der Waals surface area contributed by atoms with Gasteiger partial charge in [0.25, 0.3) is 0 Å². The van der Waals surface area contributed by atoms with Crippen LogP contribution in [-0.4, -0.2) is 52.2 Å². The van der Waals surface area contributed by atoms with Gasteiger partial charge < -0.3 is 9.80 Å². The third kappa shape index (κ3) is 4.56. The van der Waals surface area contributed by atoms with E-state index in [-0.39, 0.29) is 5.91 Å². The lowest BCUT2D eigenvalue weighted by molar-refractivity contribution is -0.130. The van der Waals surface area contributed by atoms with E-state index in [1.54, 1.807) is 4.68 Å². The summed E-state index contributed by atoms with van der Waals surface area (Å²) in [5, 5.41) is 4.32. The molecule has 1 aliphatic heterocycles. The van der Waals surface area contributed by atoms with Gasteiger partial charge in [-0.3, -0.25) is 9.48 Å². The molecule has 2 heterocycles. The van der Waals surface area contributed by atoms with Crippen molar-refractivity contribution in [2.45, 2.75) is 39.7 Å². The number of nitrogens with zero attached hydrogens (tertiary/aromatic N) is 4. The SMILES string of the molecule is Cc1nn(C)cc1CN(C)C(=O)CCN1CCCC(C)C1. The molecule has 1 aromatic heterocycles. The highest BCUT2D eigenvalue weighted by Crippen LogP contribution is 2.16. The number of hydrogen-bond donors (Lipinski definition) is 0. The first-order valence-corrected chi connectivity index (χ1v) is 7.91. The monoisotopic (exact) mass is 292 g/mol. The molecule has 2 rings (SSSR count). The number of piperidine rings is 1. The zero-order valence-electron chi connectivity index (χ0n) is 13.8. The van der Waals surface area contributed by atoms with Crippen LogP contribution in [0.5, 0.6) is 0 Å². The Morgan fingerprint density at radius 3 is 2.90 bits per heavy atom. The first-order chi connectivity index (χ1) is 9.95. The lowest BCUT2D eigenvalue weighted by Crippen LogP contribution is -2.37. The molecule has 1 saturated heterocycles. The van der Waals surface area contributed by atoms with Crippen molar-refractivity contribution in [3.05, 3.63) is 17.5 Å². The molecule has 0 saturated carbocycles. The van der Waals surface area contributed by atoms with Crippen molar-refractivity contribution in [1.82, 2.24) is 19.6 Å². The van der Waals surface area contributed by atoms with Gasteiger partial charge in [0.1, 0.15) is 0 Å². The van der Waals surface area contributed by atoms with Crippen LogP contribution in [0.15, 0.2) is 6.20 Å². The van der Waals surface area contributed by atoms with Crippen LogP contribution in [0, 0.1) is 12.8 Å². The fourth-order valence-electron chi connectivity index (χ4n) is 3.08. The molecule has 1 aromatic rings. The van der Waals surface area contributed by atoms with Crippen LogP contribution in [0.25, 0.3) is 0 Å². The second-order valence-corrected chi connectivity index (χ2v) is 6.46. The van der Waals surface area contributed by atoms with E-state index in [1.165, 1.54) is 12.8 Å². The highest BCUT2D eigenvalue weighted by atomic mass is 16.2. The van der Waals surface area contributed by atoms with Gasteiger partial charge in [-0.2, -0.15) is 5.10 Å². The quantitative estimate of drug-likeness (QED) is 0.831. The van der Waals surface area contributed by atoms with E-state index < -0.39 is 0 Å². The molecule has 0 bridgehead atoms. The number of amides is 1. The maximum atomic E-state index is 12.3. The zero-order valence-corrected chi connectivity index (χ0v) is 13.8. The Morgan fingerprint density at radius 1 is 1.52 bits per heavy atom. The molecule has 0 N–H and O–H groups in total.